The molecule has 0 saturated carbocycles. The SMILES string of the molecule is NC(CCC(=O)NC(CS)C(=O)N(CC(=O)O)CC(=O)O)C(=O)O. The van der Waals surface area contributed by atoms with Crippen LogP contribution in [-0.4, -0.2) is 80.9 Å². The standard InChI is InChI=1S/C12H19N3O8S/c13-6(12(22)23)1-2-8(16)14-7(5-24)11(21)15(3-9(17)18)4-10(19)20/h6-7,24H,1-5,13H2,(H,14,16)(H,17,18)(H,19,20)(H,22,23). The lowest BCUT2D eigenvalue weighted by Crippen LogP contribution is -2.52. The topological polar surface area (TPSA) is 187 Å². The smallest absolute Gasteiger partial charge is 0.323 e. The van der Waals surface area contributed by atoms with E-state index in [1.54, 1.807) is 0 Å². The molecule has 2 unspecified atom stereocenters. The van der Waals surface area contributed by atoms with Crippen molar-refractivity contribution < 1.29 is 39.3 Å². The van der Waals surface area contributed by atoms with E-state index in [0.29, 0.717) is 4.90 Å². The van der Waals surface area contributed by atoms with Crippen LogP contribution >= 0.6 is 12.6 Å². The molecule has 0 heterocycles. The Hall–Kier alpha value is -2.34. The first-order valence-electron chi connectivity index (χ1n) is 6.69. The molecule has 12 heteroatoms. The fraction of sp³-hybridized carbons (Fsp3) is 0.583. The van der Waals surface area contributed by atoms with Crippen molar-refractivity contribution in [2.45, 2.75) is 24.9 Å². The number of carbonyl (C=O) groups is 5. The normalized spacial score (nSPS) is 12.8. The summed E-state index contributed by atoms with van der Waals surface area (Å²) in [6.07, 6.45) is -0.439. The van der Waals surface area contributed by atoms with Crippen LogP contribution in [0.5, 0.6) is 0 Å². The Morgan fingerprint density at radius 1 is 1.04 bits per heavy atom. The van der Waals surface area contributed by atoms with Gasteiger partial charge in [-0.3, -0.25) is 24.0 Å². The molecule has 24 heavy (non-hydrogen) atoms. The van der Waals surface area contributed by atoms with Crippen LogP contribution in [-0.2, 0) is 24.0 Å². The molecule has 2 amide bonds. The zero-order valence-corrected chi connectivity index (χ0v) is 13.4. The maximum absolute atomic E-state index is 12.1. The van der Waals surface area contributed by atoms with Crippen molar-refractivity contribution in [3.05, 3.63) is 0 Å². The van der Waals surface area contributed by atoms with Crippen LogP contribution in [0.2, 0.25) is 0 Å². The number of thiol groups is 1. The molecule has 0 spiro atoms. The number of aliphatic carboxylic acids is 3. The van der Waals surface area contributed by atoms with Gasteiger partial charge < -0.3 is 31.3 Å². The highest BCUT2D eigenvalue weighted by atomic mass is 32.1. The van der Waals surface area contributed by atoms with Gasteiger partial charge in [-0.25, -0.2) is 0 Å². The maximum atomic E-state index is 12.1. The first-order chi connectivity index (χ1) is 11.1. The Bertz CT molecular complexity index is 497. The summed E-state index contributed by atoms with van der Waals surface area (Å²) < 4.78 is 0. The second-order valence-corrected chi connectivity index (χ2v) is 5.13. The van der Waals surface area contributed by atoms with Crippen LogP contribution in [0.4, 0.5) is 0 Å². The molecule has 6 N–H and O–H groups in total. The van der Waals surface area contributed by atoms with Crippen LogP contribution in [0.15, 0.2) is 0 Å². The van der Waals surface area contributed by atoms with E-state index in [0.717, 1.165) is 0 Å². The summed E-state index contributed by atoms with van der Waals surface area (Å²) in [6.45, 7) is -1.70. The van der Waals surface area contributed by atoms with E-state index in [-0.39, 0.29) is 18.6 Å². The van der Waals surface area contributed by atoms with Crippen LogP contribution in [0, 0.1) is 0 Å². The molecule has 0 aliphatic rings. The summed E-state index contributed by atoms with van der Waals surface area (Å²) in [4.78, 5) is 56.4. The van der Waals surface area contributed by atoms with Crippen molar-refractivity contribution in [3.63, 3.8) is 0 Å². The third kappa shape index (κ3) is 8.33. The van der Waals surface area contributed by atoms with Gasteiger partial charge in [-0.2, -0.15) is 12.6 Å². The molecular formula is C12H19N3O8S. The van der Waals surface area contributed by atoms with Crippen molar-refractivity contribution in [2.75, 3.05) is 18.8 Å². The quantitative estimate of drug-likeness (QED) is 0.217. The third-order valence-electron chi connectivity index (χ3n) is 2.78. The lowest BCUT2D eigenvalue weighted by Gasteiger charge is -2.24. The lowest BCUT2D eigenvalue weighted by molar-refractivity contribution is -0.150. The van der Waals surface area contributed by atoms with Gasteiger partial charge in [0.05, 0.1) is 0 Å². The minimum atomic E-state index is -1.42. The summed E-state index contributed by atoms with van der Waals surface area (Å²) in [5, 5.41) is 28.3. The van der Waals surface area contributed by atoms with Crippen LogP contribution in [0.3, 0.4) is 0 Å². The van der Waals surface area contributed by atoms with Crippen molar-refractivity contribution in [2.24, 2.45) is 5.73 Å². The molecule has 0 aromatic heterocycles. The second-order valence-electron chi connectivity index (χ2n) is 4.77. The summed E-state index contributed by atoms with van der Waals surface area (Å²) in [5.74, 6) is -5.93. The van der Waals surface area contributed by atoms with Crippen LogP contribution in [0.1, 0.15) is 12.8 Å². The third-order valence-corrected chi connectivity index (χ3v) is 3.14. The largest absolute Gasteiger partial charge is 0.480 e. The number of amides is 2. The van der Waals surface area contributed by atoms with Crippen LogP contribution in [0.25, 0.3) is 0 Å². The zero-order valence-electron chi connectivity index (χ0n) is 12.5. The molecule has 136 valence electrons. The van der Waals surface area contributed by atoms with Gasteiger partial charge in [-0.05, 0) is 6.42 Å². The molecule has 0 aromatic carbocycles. The van der Waals surface area contributed by atoms with Gasteiger partial charge in [-0.1, -0.05) is 0 Å². The molecule has 0 aromatic rings. The number of hydrogen-bond acceptors (Lipinski definition) is 7. The number of nitrogens with zero attached hydrogens (tertiary/aromatic N) is 1. The minimum absolute atomic E-state index is 0.164. The zero-order chi connectivity index (χ0) is 18.9. The first kappa shape index (κ1) is 21.7. The predicted octanol–water partition coefficient (Wildman–Crippen LogP) is -2.41. The predicted molar refractivity (Wildman–Crippen MR) is 82.5 cm³/mol. The van der Waals surface area contributed by atoms with Crippen molar-refractivity contribution in [3.8, 4) is 0 Å². The van der Waals surface area contributed by atoms with Crippen molar-refractivity contribution >= 4 is 42.4 Å². The lowest BCUT2D eigenvalue weighted by atomic mass is 10.1. The van der Waals surface area contributed by atoms with Crippen LogP contribution < -0.4 is 11.1 Å². The number of nitrogens with one attached hydrogen (secondary N) is 1. The number of hydrogen-bond donors (Lipinski definition) is 6. The summed E-state index contributed by atoms with van der Waals surface area (Å²) in [7, 11) is 0. The Morgan fingerprint density at radius 3 is 1.92 bits per heavy atom. The number of carbonyl (C=O) groups excluding carboxylic acids is 2. The number of carboxylic acid groups (broad SMARTS) is 3. The van der Waals surface area contributed by atoms with Gasteiger partial charge in [-0.15, -0.1) is 0 Å². The Balaban J connectivity index is 4.80. The van der Waals surface area contributed by atoms with Gasteiger partial charge in [0.2, 0.25) is 11.8 Å². The van der Waals surface area contributed by atoms with Gasteiger partial charge in [0.15, 0.2) is 0 Å². The van der Waals surface area contributed by atoms with Gasteiger partial charge in [0.1, 0.15) is 25.2 Å². The Morgan fingerprint density at radius 2 is 1.54 bits per heavy atom. The Kier molecular flexibility index (Phi) is 9.42. The molecule has 0 saturated heterocycles. The van der Waals surface area contributed by atoms with E-state index in [9.17, 15) is 24.0 Å². The van der Waals surface area contributed by atoms with E-state index in [4.69, 9.17) is 21.1 Å². The molecule has 11 nitrogen and oxygen atoms in total. The minimum Gasteiger partial charge on any atom is -0.480 e. The molecular weight excluding hydrogens is 346 g/mol. The first-order valence-corrected chi connectivity index (χ1v) is 7.32. The average Bonchev–Trinajstić information content (AvgIpc) is 2.47. The highest BCUT2D eigenvalue weighted by Crippen LogP contribution is 2.01. The highest BCUT2D eigenvalue weighted by molar-refractivity contribution is 7.80. The number of carboxylic acids is 3. The average molecular weight is 365 g/mol. The van der Waals surface area contributed by atoms with Gasteiger partial charge in [0, 0.05) is 12.2 Å². The molecule has 0 rings (SSSR count). The molecule has 0 aliphatic carbocycles. The molecule has 0 fully saturated rings. The Labute approximate surface area is 142 Å². The molecule has 0 aliphatic heterocycles. The fourth-order valence-corrected chi connectivity index (χ4v) is 1.87. The van der Waals surface area contributed by atoms with E-state index < -0.39 is 54.9 Å². The van der Waals surface area contributed by atoms with E-state index >= 15 is 0 Å². The van der Waals surface area contributed by atoms with E-state index in [1.165, 1.54) is 0 Å². The molecule has 0 bridgehead atoms. The monoisotopic (exact) mass is 365 g/mol. The van der Waals surface area contributed by atoms with Gasteiger partial charge >= 0.3 is 17.9 Å². The summed E-state index contributed by atoms with van der Waals surface area (Å²) in [6, 6.07) is -2.49. The summed E-state index contributed by atoms with van der Waals surface area (Å²) >= 11 is 3.87. The fourth-order valence-electron chi connectivity index (χ4n) is 1.62. The van der Waals surface area contributed by atoms with E-state index in [1.807, 2.05) is 0 Å². The molecule has 0 radical (unpaired) electrons. The highest BCUT2D eigenvalue weighted by Gasteiger charge is 2.28. The molecule has 2 atom stereocenters. The second kappa shape index (κ2) is 10.4. The van der Waals surface area contributed by atoms with Gasteiger partial charge in [0.25, 0.3) is 0 Å². The summed E-state index contributed by atoms with van der Waals surface area (Å²) in [5.41, 5.74) is 5.25. The number of rotatable bonds is 11. The van der Waals surface area contributed by atoms with Crippen molar-refractivity contribution in [1.82, 2.24) is 10.2 Å². The number of nitrogens with two attached hydrogens (primary N) is 1. The van der Waals surface area contributed by atoms with E-state index in [2.05, 4.69) is 17.9 Å². The maximum Gasteiger partial charge on any atom is 0.323 e. The van der Waals surface area contributed by atoms with Crippen molar-refractivity contribution in [1.29, 1.82) is 0 Å².